The fourth-order valence-corrected chi connectivity index (χ4v) is 3.32. The van der Waals surface area contributed by atoms with Crippen molar-refractivity contribution in [2.75, 3.05) is 7.05 Å². The van der Waals surface area contributed by atoms with Gasteiger partial charge in [-0.3, -0.25) is 4.90 Å². The number of hydrogen-bond acceptors (Lipinski definition) is 5. The van der Waals surface area contributed by atoms with E-state index in [-0.39, 0.29) is 0 Å². The average Bonchev–Trinajstić information content (AvgIpc) is 3.09. The molecule has 2 aromatic heterocycles. The minimum absolute atomic E-state index is 0.569. The van der Waals surface area contributed by atoms with Gasteiger partial charge in [0.05, 0.1) is 10.9 Å². The third-order valence-corrected chi connectivity index (χ3v) is 4.50. The molecule has 0 amide bonds. The highest BCUT2D eigenvalue weighted by molar-refractivity contribution is 7.16. The average molecular weight is 354 g/mol. The van der Waals surface area contributed by atoms with Gasteiger partial charge in [-0.05, 0) is 43.4 Å². The minimum Gasteiger partial charge on any atom is -0.338 e. The zero-order valence-electron chi connectivity index (χ0n) is 11.8. The van der Waals surface area contributed by atoms with Crippen molar-refractivity contribution in [3.8, 4) is 11.4 Å². The van der Waals surface area contributed by atoms with Crippen LogP contribution in [-0.4, -0.2) is 22.1 Å². The maximum Gasteiger partial charge on any atom is 0.241 e. The van der Waals surface area contributed by atoms with Crippen LogP contribution in [0.1, 0.15) is 10.8 Å². The highest BCUT2D eigenvalue weighted by Gasteiger charge is 2.11. The molecule has 0 unspecified atom stereocenters. The van der Waals surface area contributed by atoms with E-state index >= 15 is 0 Å². The van der Waals surface area contributed by atoms with Gasteiger partial charge in [-0.2, -0.15) is 4.98 Å². The fourth-order valence-electron chi connectivity index (χ4n) is 2.02. The zero-order valence-corrected chi connectivity index (χ0v) is 14.1. The van der Waals surface area contributed by atoms with E-state index in [2.05, 4.69) is 15.0 Å². The number of rotatable bonds is 5. The van der Waals surface area contributed by atoms with Crippen LogP contribution in [0.15, 0.2) is 40.9 Å². The first-order chi connectivity index (χ1) is 10.6. The van der Waals surface area contributed by atoms with Crippen molar-refractivity contribution in [1.82, 2.24) is 15.0 Å². The maximum absolute atomic E-state index is 5.94. The van der Waals surface area contributed by atoms with E-state index in [0.717, 1.165) is 16.4 Å². The van der Waals surface area contributed by atoms with Crippen LogP contribution in [0.5, 0.6) is 0 Å². The Hall–Kier alpha value is -1.40. The van der Waals surface area contributed by atoms with Gasteiger partial charge in [0.2, 0.25) is 11.7 Å². The van der Waals surface area contributed by atoms with Crippen molar-refractivity contribution in [1.29, 1.82) is 0 Å². The molecule has 0 spiro atoms. The summed E-state index contributed by atoms with van der Waals surface area (Å²) in [5.41, 5.74) is 0.882. The van der Waals surface area contributed by atoms with Crippen molar-refractivity contribution < 1.29 is 4.52 Å². The van der Waals surface area contributed by atoms with Gasteiger partial charge in [0.15, 0.2) is 0 Å². The summed E-state index contributed by atoms with van der Waals surface area (Å²) in [5, 5.41) is 4.69. The molecule has 0 bridgehead atoms. The van der Waals surface area contributed by atoms with Crippen LogP contribution in [0.2, 0.25) is 9.36 Å². The Morgan fingerprint density at radius 1 is 1.09 bits per heavy atom. The number of halogens is 2. The molecule has 114 valence electrons. The van der Waals surface area contributed by atoms with Gasteiger partial charge in [-0.25, -0.2) is 0 Å². The standard InChI is InChI=1S/C15H13Cl2N3OS/c1-20(8-12-6-7-13(17)22-12)9-14-18-15(19-21-14)10-2-4-11(16)5-3-10/h2-7H,8-9H2,1H3. The molecule has 0 fully saturated rings. The van der Waals surface area contributed by atoms with E-state index in [1.54, 1.807) is 23.5 Å². The molecule has 0 aliphatic rings. The Labute approximate surface area is 142 Å². The molecular weight excluding hydrogens is 341 g/mol. The lowest BCUT2D eigenvalue weighted by atomic mass is 10.2. The van der Waals surface area contributed by atoms with Crippen molar-refractivity contribution in [3.63, 3.8) is 0 Å². The first-order valence-corrected chi connectivity index (χ1v) is 8.18. The lowest BCUT2D eigenvalue weighted by molar-refractivity contribution is 0.262. The molecule has 7 heteroatoms. The largest absolute Gasteiger partial charge is 0.338 e. The second-order valence-electron chi connectivity index (χ2n) is 4.90. The number of nitrogens with zero attached hydrogens (tertiary/aromatic N) is 3. The zero-order chi connectivity index (χ0) is 15.5. The third kappa shape index (κ3) is 3.87. The normalized spacial score (nSPS) is 11.3. The first-order valence-electron chi connectivity index (χ1n) is 6.61. The number of aromatic nitrogens is 2. The first kappa shape index (κ1) is 15.5. The minimum atomic E-state index is 0.569. The summed E-state index contributed by atoms with van der Waals surface area (Å²) in [5.74, 6) is 1.15. The lowest BCUT2D eigenvalue weighted by Gasteiger charge is -2.12. The summed E-state index contributed by atoms with van der Waals surface area (Å²) in [6.45, 7) is 1.37. The SMILES string of the molecule is CN(Cc1nc(-c2ccc(Cl)cc2)no1)Cc1ccc(Cl)s1. The van der Waals surface area contributed by atoms with Crippen LogP contribution >= 0.6 is 34.5 Å². The van der Waals surface area contributed by atoms with Crippen LogP contribution in [-0.2, 0) is 13.1 Å². The summed E-state index contributed by atoms with van der Waals surface area (Å²) in [6, 6.07) is 11.3. The molecule has 3 aromatic rings. The summed E-state index contributed by atoms with van der Waals surface area (Å²) in [6.07, 6.45) is 0. The van der Waals surface area contributed by atoms with Gasteiger partial charge in [-0.1, -0.05) is 28.4 Å². The fraction of sp³-hybridized carbons (Fsp3) is 0.200. The van der Waals surface area contributed by atoms with Crippen LogP contribution in [0.3, 0.4) is 0 Å². The number of thiophene rings is 1. The Kier molecular flexibility index (Phi) is 4.78. The van der Waals surface area contributed by atoms with Crippen LogP contribution in [0.25, 0.3) is 11.4 Å². The van der Waals surface area contributed by atoms with Crippen molar-refractivity contribution in [2.24, 2.45) is 0 Å². The molecule has 22 heavy (non-hydrogen) atoms. The molecule has 1 aromatic carbocycles. The van der Waals surface area contributed by atoms with Crippen LogP contribution < -0.4 is 0 Å². The van der Waals surface area contributed by atoms with Crippen LogP contribution in [0.4, 0.5) is 0 Å². The van der Waals surface area contributed by atoms with Gasteiger partial charge in [0.25, 0.3) is 0 Å². The van der Waals surface area contributed by atoms with Gasteiger partial charge in [0, 0.05) is 22.0 Å². The van der Waals surface area contributed by atoms with Gasteiger partial charge in [-0.15, -0.1) is 11.3 Å². The third-order valence-electron chi connectivity index (χ3n) is 3.03. The topological polar surface area (TPSA) is 42.2 Å². The van der Waals surface area contributed by atoms with Crippen molar-refractivity contribution >= 4 is 34.5 Å². The number of benzene rings is 1. The smallest absolute Gasteiger partial charge is 0.241 e. The van der Waals surface area contributed by atoms with Gasteiger partial charge in [0.1, 0.15) is 0 Å². The van der Waals surface area contributed by atoms with Gasteiger partial charge >= 0.3 is 0 Å². The molecule has 0 aliphatic carbocycles. The second-order valence-corrected chi connectivity index (χ2v) is 7.13. The second kappa shape index (κ2) is 6.79. The van der Waals surface area contributed by atoms with Gasteiger partial charge < -0.3 is 4.52 Å². The molecule has 0 N–H and O–H groups in total. The molecule has 0 saturated carbocycles. The molecule has 0 atom stereocenters. The molecule has 4 nitrogen and oxygen atoms in total. The molecular formula is C15H13Cl2N3OS. The van der Waals surface area contributed by atoms with E-state index in [9.17, 15) is 0 Å². The summed E-state index contributed by atoms with van der Waals surface area (Å²) in [7, 11) is 2.00. The molecule has 0 saturated heterocycles. The molecule has 0 aliphatic heterocycles. The quantitative estimate of drug-likeness (QED) is 0.664. The summed E-state index contributed by atoms with van der Waals surface area (Å²) >= 11 is 13.4. The van der Waals surface area contributed by atoms with Crippen LogP contribution in [0, 0.1) is 0 Å². The summed E-state index contributed by atoms with van der Waals surface area (Å²) < 4.78 is 6.10. The summed E-state index contributed by atoms with van der Waals surface area (Å²) in [4.78, 5) is 7.71. The van der Waals surface area contributed by atoms with E-state index in [1.807, 2.05) is 31.3 Å². The van der Waals surface area contributed by atoms with E-state index in [1.165, 1.54) is 4.88 Å². The Morgan fingerprint density at radius 2 is 1.86 bits per heavy atom. The monoisotopic (exact) mass is 353 g/mol. The molecule has 0 radical (unpaired) electrons. The predicted octanol–water partition coefficient (Wildman–Crippen LogP) is 4.74. The Morgan fingerprint density at radius 3 is 2.55 bits per heavy atom. The van der Waals surface area contributed by atoms with Crippen molar-refractivity contribution in [2.45, 2.75) is 13.1 Å². The Bertz CT molecular complexity index is 754. The predicted molar refractivity (Wildman–Crippen MR) is 89.2 cm³/mol. The maximum atomic E-state index is 5.94. The highest BCUT2D eigenvalue weighted by atomic mass is 35.5. The molecule has 3 rings (SSSR count). The Balaban J connectivity index is 1.65. The van der Waals surface area contributed by atoms with Crippen molar-refractivity contribution in [3.05, 3.63) is 56.5 Å². The van der Waals surface area contributed by atoms with E-state index in [4.69, 9.17) is 27.7 Å². The molecule has 2 heterocycles. The van der Waals surface area contributed by atoms with E-state index in [0.29, 0.717) is 23.3 Å². The van der Waals surface area contributed by atoms with E-state index < -0.39 is 0 Å². The lowest BCUT2D eigenvalue weighted by Crippen LogP contribution is -2.16. The highest BCUT2D eigenvalue weighted by Crippen LogP contribution is 2.23. The number of hydrogen-bond donors (Lipinski definition) is 0.